The van der Waals surface area contributed by atoms with Crippen LogP contribution in [0.25, 0.3) is 0 Å². The quantitative estimate of drug-likeness (QED) is 0.549. The van der Waals surface area contributed by atoms with Crippen LogP contribution in [-0.4, -0.2) is 48.3 Å². The first-order valence-electron chi connectivity index (χ1n) is 7.91. The smallest absolute Gasteiger partial charge is 0.191 e. The third kappa shape index (κ3) is 4.55. The Morgan fingerprint density at radius 1 is 1.25 bits per heavy atom. The van der Waals surface area contributed by atoms with Crippen molar-refractivity contribution in [1.82, 2.24) is 10.6 Å². The lowest BCUT2D eigenvalue weighted by molar-refractivity contribution is 0.134. The molecule has 0 bridgehead atoms. The van der Waals surface area contributed by atoms with E-state index in [9.17, 15) is 5.11 Å². The van der Waals surface area contributed by atoms with E-state index < -0.39 is 0 Å². The summed E-state index contributed by atoms with van der Waals surface area (Å²) in [5, 5.41) is 17.6. The molecule has 0 aliphatic heterocycles. The highest BCUT2D eigenvalue weighted by molar-refractivity contribution is 7.99. The van der Waals surface area contributed by atoms with Crippen LogP contribution in [0, 0.1) is 5.92 Å². The normalized spacial score (nSPS) is 35.0. The van der Waals surface area contributed by atoms with Gasteiger partial charge in [0, 0.05) is 30.8 Å². The summed E-state index contributed by atoms with van der Waals surface area (Å²) >= 11 is 1.98. The van der Waals surface area contributed by atoms with Crippen molar-refractivity contribution in [3.8, 4) is 0 Å². The molecule has 0 heterocycles. The van der Waals surface area contributed by atoms with Gasteiger partial charge in [-0.05, 0) is 38.4 Å². The number of guanidine groups is 1. The summed E-state index contributed by atoms with van der Waals surface area (Å²) in [5.41, 5.74) is 0. The lowest BCUT2D eigenvalue weighted by atomic mass is 9.95. The standard InChI is InChI=1S/C15H29N3OS/c1-16-15(17-10-11-5-3-8-14(11)19)18-12-6-4-7-13(9-12)20-2/h11-14,19H,3-10H2,1-2H3,(H2,16,17,18). The fourth-order valence-corrected chi connectivity index (χ4v) is 4.19. The Morgan fingerprint density at radius 3 is 2.70 bits per heavy atom. The van der Waals surface area contributed by atoms with Gasteiger partial charge >= 0.3 is 0 Å². The average molecular weight is 299 g/mol. The van der Waals surface area contributed by atoms with Gasteiger partial charge in [-0.15, -0.1) is 0 Å². The van der Waals surface area contributed by atoms with Gasteiger partial charge in [0.2, 0.25) is 0 Å². The first kappa shape index (κ1) is 16.0. The molecule has 0 aromatic heterocycles. The molecule has 0 aromatic carbocycles. The van der Waals surface area contributed by atoms with Crippen LogP contribution in [0.2, 0.25) is 0 Å². The van der Waals surface area contributed by atoms with Gasteiger partial charge in [0.15, 0.2) is 5.96 Å². The largest absolute Gasteiger partial charge is 0.393 e. The molecule has 2 rings (SSSR count). The monoisotopic (exact) mass is 299 g/mol. The number of rotatable bonds is 4. The highest BCUT2D eigenvalue weighted by Gasteiger charge is 2.26. The van der Waals surface area contributed by atoms with Gasteiger partial charge < -0.3 is 15.7 Å². The molecule has 20 heavy (non-hydrogen) atoms. The first-order chi connectivity index (χ1) is 9.72. The van der Waals surface area contributed by atoms with Gasteiger partial charge in [-0.1, -0.05) is 12.8 Å². The molecule has 5 heteroatoms. The maximum atomic E-state index is 9.86. The van der Waals surface area contributed by atoms with Crippen molar-refractivity contribution in [1.29, 1.82) is 0 Å². The summed E-state index contributed by atoms with van der Waals surface area (Å²) in [6.07, 6.45) is 10.4. The van der Waals surface area contributed by atoms with Crippen molar-refractivity contribution in [2.45, 2.75) is 62.3 Å². The molecule has 2 fully saturated rings. The molecule has 0 radical (unpaired) electrons. The minimum atomic E-state index is -0.129. The Morgan fingerprint density at radius 2 is 2.05 bits per heavy atom. The molecule has 4 nitrogen and oxygen atoms in total. The van der Waals surface area contributed by atoms with Crippen molar-refractivity contribution >= 4 is 17.7 Å². The Hall–Kier alpha value is -0.420. The van der Waals surface area contributed by atoms with E-state index >= 15 is 0 Å². The molecule has 0 saturated heterocycles. The van der Waals surface area contributed by atoms with Crippen molar-refractivity contribution < 1.29 is 5.11 Å². The van der Waals surface area contributed by atoms with E-state index in [0.29, 0.717) is 12.0 Å². The molecule has 0 amide bonds. The lowest BCUT2D eigenvalue weighted by Crippen LogP contribution is -2.47. The minimum Gasteiger partial charge on any atom is -0.393 e. The maximum absolute atomic E-state index is 9.86. The average Bonchev–Trinajstić information content (AvgIpc) is 2.89. The molecule has 116 valence electrons. The molecule has 2 aliphatic rings. The number of thioether (sulfide) groups is 1. The van der Waals surface area contributed by atoms with Crippen LogP contribution in [-0.2, 0) is 0 Å². The second-order valence-corrected chi connectivity index (χ2v) is 7.22. The summed E-state index contributed by atoms with van der Waals surface area (Å²) in [7, 11) is 1.83. The van der Waals surface area contributed by atoms with Gasteiger partial charge in [0.25, 0.3) is 0 Å². The molecule has 0 spiro atoms. The van der Waals surface area contributed by atoms with Gasteiger partial charge in [-0.2, -0.15) is 11.8 Å². The molecule has 3 N–H and O–H groups in total. The van der Waals surface area contributed by atoms with E-state index in [4.69, 9.17) is 0 Å². The Balaban J connectivity index is 1.74. The number of hydrogen-bond donors (Lipinski definition) is 3. The van der Waals surface area contributed by atoms with Crippen molar-refractivity contribution in [2.75, 3.05) is 19.8 Å². The number of nitrogens with zero attached hydrogens (tertiary/aromatic N) is 1. The second-order valence-electron chi connectivity index (χ2n) is 6.08. The van der Waals surface area contributed by atoms with Gasteiger partial charge in [0.05, 0.1) is 6.10 Å². The Kier molecular flexibility index (Phi) is 6.49. The molecular weight excluding hydrogens is 270 g/mol. The number of nitrogens with one attached hydrogen (secondary N) is 2. The van der Waals surface area contributed by atoms with Crippen LogP contribution in [0.3, 0.4) is 0 Å². The lowest BCUT2D eigenvalue weighted by Gasteiger charge is -2.30. The van der Waals surface area contributed by atoms with Crippen molar-refractivity contribution in [2.24, 2.45) is 10.9 Å². The number of aliphatic hydroxyl groups is 1. The number of aliphatic hydroxyl groups excluding tert-OH is 1. The topological polar surface area (TPSA) is 56.7 Å². The molecule has 4 unspecified atom stereocenters. The van der Waals surface area contributed by atoms with Crippen LogP contribution in [0.4, 0.5) is 0 Å². The van der Waals surface area contributed by atoms with Gasteiger partial charge in [-0.25, -0.2) is 0 Å². The fourth-order valence-electron chi connectivity index (χ4n) is 3.36. The van der Waals surface area contributed by atoms with Crippen molar-refractivity contribution in [3.05, 3.63) is 0 Å². The van der Waals surface area contributed by atoms with Crippen LogP contribution in [0.15, 0.2) is 4.99 Å². The van der Waals surface area contributed by atoms with E-state index in [1.807, 2.05) is 18.8 Å². The SMILES string of the molecule is CN=C(NCC1CCCC1O)NC1CCCC(SC)C1. The summed E-state index contributed by atoms with van der Waals surface area (Å²) in [6.45, 7) is 0.833. The van der Waals surface area contributed by atoms with Crippen molar-refractivity contribution in [3.63, 3.8) is 0 Å². The van der Waals surface area contributed by atoms with E-state index in [1.54, 1.807) is 0 Å². The first-order valence-corrected chi connectivity index (χ1v) is 9.19. The third-order valence-electron chi connectivity index (χ3n) is 4.67. The van der Waals surface area contributed by atoms with Gasteiger partial charge in [-0.3, -0.25) is 4.99 Å². The van der Waals surface area contributed by atoms with E-state index in [1.165, 1.54) is 25.7 Å². The predicted octanol–water partition coefficient (Wildman–Crippen LogP) is 1.99. The maximum Gasteiger partial charge on any atom is 0.191 e. The van der Waals surface area contributed by atoms with Crippen LogP contribution >= 0.6 is 11.8 Å². The number of hydrogen-bond acceptors (Lipinski definition) is 3. The fraction of sp³-hybridized carbons (Fsp3) is 0.933. The highest BCUT2D eigenvalue weighted by Crippen LogP contribution is 2.27. The second kappa shape index (κ2) is 8.13. The minimum absolute atomic E-state index is 0.129. The zero-order valence-electron chi connectivity index (χ0n) is 12.8. The molecule has 2 aliphatic carbocycles. The third-order valence-corrected chi connectivity index (χ3v) is 5.77. The van der Waals surface area contributed by atoms with Crippen LogP contribution in [0.1, 0.15) is 44.9 Å². The Labute approximate surface area is 127 Å². The molecular formula is C15H29N3OS. The van der Waals surface area contributed by atoms with Gasteiger partial charge in [0.1, 0.15) is 0 Å². The molecule has 4 atom stereocenters. The van der Waals surface area contributed by atoms with E-state index in [2.05, 4.69) is 21.9 Å². The molecule has 0 aromatic rings. The number of aliphatic imine (C=N–C) groups is 1. The van der Waals surface area contributed by atoms with E-state index in [-0.39, 0.29) is 6.10 Å². The summed E-state index contributed by atoms with van der Waals surface area (Å²) < 4.78 is 0. The summed E-state index contributed by atoms with van der Waals surface area (Å²) in [4.78, 5) is 4.33. The summed E-state index contributed by atoms with van der Waals surface area (Å²) in [5.74, 6) is 1.29. The zero-order chi connectivity index (χ0) is 14.4. The van der Waals surface area contributed by atoms with Crippen LogP contribution < -0.4 is 10.6 Å². The van der Waals surface area contributed by atoms with Crippen LogP contribution in [0.5, 0.6) is 0 Å². The zero-order valence-corrected chi connectivity index (χ0v) is 13.6. The Bertz CT molecular complexity index is 324. The highest BCUT2D eigenvalue weighted by atomic mass is 32.2. The van der Waals surface area contributed by atoms with E-state index in [0.717, 1.165) is 37.0 Å². The predicted molar refractivity (Wildman–Crippen MR) is 87.4 cm³/mol. The summed E-state index contributed by atoms with van der Waals surface area (Å²) in [6, 6.07) is 0.543. The molecule has 2 saturated carbocycles.